The number of hydrogen-bond acceptors (Lipinski definition) is 5. The molecule has 2 rings (SSSR count). The summed E-state index contributed by atoms with van der Waals surface area (Å²) in [5.41, 5.74) is 0. The second-order valence-electron chi connectivity index (χ2n) is 4.23. The van der Waals surface area contributed by atoms with Crippen molar-refractivity contribution >= 4 is 5.91 Å². The molecule has 0 bridgehead atoms. The zero-order chi connectivity index (χ0) is 14.9. The van der Waals surface area contributed by atoms with Crippen LogP contribution >= 0.6 is 0 Å². The first kappa shape index (κ1) is 14.8. The zero-order valence-corrected chi connectivity index (χ0v) is 11.8. The van der Waals surface area contributed by atoms with Gasteiger partial charge in [-0.2, -0.15) is 5.10 Å². The number of rotatable bonds is 8. The Morgan fingerprint density at radius 3 is 2.57 bits per heavy atom. The van der Waals surface area contributed by atoms with E-state index < -0.39 is 0 Å². The highest BCUT2D eigenvalue weighted by Crippen LogP contribution is 2.17. The molecule has 21 heavy (non-hydrogen) atoms. The fourth-order valence-corrected chi connectivity index (χ4v) is 1.67. The maximum Gasteiger partial charge on any atom is 0.257 e. The molecule has 0 aliphatic carbocycles. The number of benzene rings is 1. The number of amides is 1. The number of aromatic nitrogens is 3. The molecule has 7 heteroatoms. The summed E-state index contributed by atoms with van der Waals surface area (Å²) < 4.78 is 10.7. The lowest BCUT2D eigenvalue weighted by atomic mass is 10.3. The highest BCUT2D eigenvalue weighted by atomic mass is 16.5. The largest absolute Gasteiger partial charge is 0.494 e. The Morgan fingerprint density at radius 2 is 1.95 bits per heavy atom. The predicted octanol–water partition coefficient (Wildman–Crippen LogP) is 0.941. The van der Waals surface area contributed by atoms with Crippen LogP contribution in [0.25, 0.3) is 0 Å². The van der Waals surface area contributed by atoms with E-state index in [2.05, 4.69) is 20.5 Å². The average Bonchev–Trinajstić information content (AvgIpc) is 3.00. The van der Waals surface area contributed by atoms with Crippen LogP contribution < -0.4 is 14.8 Å². The molecule has 0 aliphatic rings. The highest BCUT2D eigenvalue weighted by molar-refractivity contribution is 5.77. The molecular weight excluding hydrogens is 272 g/mol. The summed E-state index contributed by atoms with van der Waals surface area (Å²) in [5.74, 6) is 1.97. The molecule has 0 radical (unpaired) electrons. The first-order valence-electron chi connectivity index (χ1n) is 6.74. The molecule has 0 saturated carbocycles. The molecule has 2 N–H and O–H groups in total. The van der Waals surface area contributed by atoms with Crippen LogP contribution in [0.4, 0.5) is 0 Å². The molecule has 1 heterocycles. The van der Waals surface area contributed by atoms with Gasteiger partial charge in [0.05, 0.1) is 6.61 Å². The van der Waals surface area contributed by atoms with Crippen molar-refractivity contribution in [3.8, 4) is 11.5 Å². The third-order valence-electron chi connectivity index (χ3n) is 2.65. The summed E-state index contributed by atoms with van der Waals surface area (Å²) in [4.78, 5) is 15.6. The standard InChI is InChI=1S/C14H18N4O3/c1-2-20-11-3-5-12(6-4-11)21-9-14(19)15-8-7-13-16-10-17-18-13/h3-6,10H,2,7-9H2,1H3,(H,15,19)(H,16,17,18). The minimum absolute atomic E-state index is 0.0234. The summed E-state index contributed by atoms with van der Waals surface area (Å²) in [6.07, 6.45) is 2.04. The molecule has 1 aromatic carbocycles. The van der Waals surface area contributed by atoms with E-state index in [-0.39, 0.29) is 12.5 Å². The van der Waals surface area contributed by atoms with Crippen molar-refractivity contribution in [2.75, 3.05) is 19.8 Å². The van der Waals surface area contributed by atoms with Crippen molar-refractivity contribution < 1.29 is 14.3 Å². The van der Waals surface area contributed by atoms with E-state index in [9.17, 15) is 4.79 Å². The number of aromatic amines is 1. The minimum atomic E-state index is -0.177. The highest BCUT2D eigenvalue weighted by Gasteiger charge is 2.03. The first-order chi connectivity index (χ1) is 10.3. The molecule has 2 aromatic rings. The van der Waals surface area contributed by atoms with Crippen molar-refractivity contribution in [3.05, 3.63) is 36.4 Å². The molecule has 112 valence electrons. The van der Waals surface area contributed by atoms with Crippen LogP contribution in [0.2, 0.25) is 0 Å². The molecule has 0 aliphatic heterocycles. The lowest BCUT2D eigenvalue weighted by molar-refractivity contribution is -0.123. The van der Waals surface area contributed by atoms with E-state index in [4.69, 9.17) is 9.47 Å². The van der Waals surface area contributed by atoms with Crippen LogP contribution in [0.5, 0.6) is 11.5 Å². The zero-order valence-electron chi connectivity index (χ0n) is 11.8. The Bertz CT molecular complexity index is 540. The van der Waals surface area contributed by atoms with Gasteiger partial charge in [-0.3, -0.25) is 9.89 Å². The van der Waals surface area contributed by atoms with E-state index in [0.29, 0.717) is 25.3 Å². The van der Waals surface area contributed by atoms with E-state index in [1.807, 2.05) is 6.92 Å². The minimum Gasteiger partial charge on any atom is -0.494 e. The van der Waals surface area contributed by atoms with Crippen molar-refractivity contribution in [2.24, 2.45) is 0 Å². The molecular formula is C14H18N4O3. The fraction of sp³-hybridized carbons (Fsp3) is 0.357. The monoisotopic (exact) mass is 290 g/mol. The lowest BCUT2D eigenvalue weighted by Crippen LogP contribution is -2.30. The first-order valence-corrected chi connectivity index (χ1v) is 6.74. The number of nitrogens with one attached hydrogen (secondary N) is 2. The van der Waals surface area contributed by atoms with Gasteiger partial charge in [-0.05, 0) is 31.2 Å². The summed E-state index contributed by atoms with van der Waals surface area (Å²) in [7, 11) is 0. The van der Waals surface area contributed by atoms with Gasteiger partial charge in [0, 0.05) is 13.0 Å². The molecule has 0 unspecified atom stereocenters. The summed E-state index contributed by atoms with van der Waals surface area (Å²) in [5, 5.41) is 9.21. The van der Waals surface area contributed by atoms with E-state index in [1.54, 1.807) is 24.3 Å². The Kier molecular flexibility index (Phi) is 5.57. The van der Waals surface area contributed by atoms with Crippen molar-refractivity contribution in [2.45, 2.75) is 13.3 Å². The normalized spacial score (nSPS) is 10.1. The molecule has 0 spiro atoms. The molecule has 0 fully saturated rings. The fourth-order valence-electron chi connectivity index (χ4n) is 1.67. The SMILES string of the molecule is CCOc1ccc(OCC(=O)NCCc2ncn[nH]2)cc1. The second-order valence-corrected chi connectivity index (χ2v) is 4.23. The maximum absolute atomic E-state index is 11.6. The Morgan fingerprint density at radius 1 is 1.24 bits per heavy atom. The van der Waals surface area contributed by atoms with Crippen LogP contribution in [0.3, 0.4) is 0 Å². The topological polar surface area (TPSA) is 89.1 Å². The summed E-state index contributed by atoms with van der Waals surface area (Å²) >= 11 is 0. The van der Waals surface area contributed by atoms with Gasteiger partial charge in [0.25, 0.3) is 5.91 Å². The Balaban J connectivity index is 1.66. The van der Waals surface area contributed by atoms with Crippen LogP contribution in [0.15, 0.2) is 30.6 Å². The van der Waals surface area contributed by atoms with Crippen LogP contribution in [0.1, 0.15) is 12.7 Å². The van der Waals surface area contributed by atoms with Crippen LogP contribution in [-0.2, 0) is 11.2 Å². The van der Waals surface area contributed by atoms with Gasteiger partial charge < -0.3 is 14.8 Å². The van der Waals surface area contributed by atoms with Gasteiger partial charge in [-0.1, -0.05) is 0 Å². The van der Waals surface area contributed by atoms with E-state index >= 15 is 0 Å². The van der Waals surface area contributed by atoms with E-state index in [1.165, 1.54) is 6.33 Å². The third-order valence-corrected chi connectivity index (χ3v) is 2.65. The molecule has 0 saturated heterocycles. The number of carbonyl (C=O) groups is 1. The van der Waals surface area contributed by atoms with Crippen molar-refractivity contribution in [1.29, 1.82) is 0 Å². The van der Waals surface area contributed by atoms with Gasteiger partial charge in [-0.15, -0.1) is 0 Å². The van der Waals surface area contributed by atoms with Gasteiger partial charge in [-0.25, -0.2) is 4.98 Å². The third kappa shape index (κ3) is 5.13. The van der Waals surface area contributed by atoms with Crippen molar-refractivity contribution in [1.82, 2.24) is 20.5 Å². The number of hydrogen-bond donors (Lipinski definition) is 2. The van der Waals surface area contributed by atoms with Gasteiger partial charge >= 0.3 is 0 Å². The molecule has 0 atom stereocenters. The average molecular weight is 290 g/mol. The van der Waals surface area contributed by atoms with E-state index in [0.717, 1.165) is 11.6 Å². The number of H-pyrrole nitrogens is 1. The smallest absolute Gasteiger partial charge is 0.257 e. The quantitative estimate of drug-likeness (QED) is 0.755. The summed E-state index contributed by atoms with van der Waals surface area (Å²) in [6.45, 7) is 3.01. The number of nitrogens with zero attached hydrogens (tertiary/aromatic N) is 2. The number of carbonyl (C=O) groups excluding carboxylic acids is 1. The lowest BCUT2D eigenvalue weighted by Gasteiger charge is -2.08. The molecule has 7 nitrogen and oxygen atoms in total. The molecule has 1 amide bonds. The Labute approximate surface area is 122 Å². The predicted molar refractivity (Wildman–Crippen MR) is 76.2 cm³/mol. The summed E-state index contributed by atoms with van der Waals surface area (Å²) in [6, 6.07) is 7.15. The van der Waals surface area contributed by atoms with Gasteiger partial charge in [0.2, 0.25) is 0 Å². The molecule has 1 aromatic heterocycles. The van der Waals surface area contributed by atoms with Gasteiger partial charge in [0.15, 0.2) is 6.61 Å². The number of ether oxygens (including phenoxy) is 2. The Hall–Kier alpha value is -2.57. The van der Waals surface area contributed by atoms with Crippen LogP contribution in [0, 0.1) is 0 Å². The van der Waals surface area contributed by atoms with Crippen molar-refractivity contribution in [3.63, 3.8) is 0 Å². The second kappa shape index (κ2) is 7.88. The maximum atomic E-state index is 11.6. The van der Waals surface area contributed by atoms with Crippen LogP contribution in [-0.4, -0.2) is 40.8 Å². The van der Waals surface area contributed by atoms with Gasteiger partial charge in [0.1, 0.15) is 23.7 Å².